The first kappa shape index (κ1) is 36.1. The average Bonchev–Trinajstić information content (AvgIpc) is 3.25. The first-order chi connectivity index (χ1) is 28.4. The van der Waals surface area contributed by atoms with E-state index in [4.69, 9.17) is 9.47 Å². The van der Waals surface area contributed by atoms with Gasteiger partial charge >= 0.3 is 0 Å². The molecule has 0 fully saturated rings. The Balaban J connectivity index is 1.09. The highest BCUT2D eigenvalue weighted by atomic mass is 16.5. The van der Waals surface area contributed by atoms with Crippen LogP contribution in [0.25, 0.3) is 38.2 Å². The van der Waals surface area contributed by atoms with Crippen LogP contribution in [-0.4, -0.2) is 0 Å². The minimum atomic E-state index is 0.642. The van der Waals surface area contributed by atoms with Gasteiger partial charge in [-0.2, -0.15) is 0 Å². The third-order valence-corrected chi connectivity index (χ3v) is 10.9. The lowest BCUT2D eigenvalue weighted by Gasteiger charge is -2.31. The highest BCUT2D eigenvalue weighted by Crippen LogP contribution is 2.54. The smallest absolute Gasteiger partial charge is 0.137 e. The van der Waals surface area contributed by atoms with Crippen molar-refractivity contribution in [2.24, 2.45) is 0 Å². The molecule has 4 heteroatoms. The fourth-order valence-corrected chi connectivity index (χ4v) is 8.21. The van der Waals surface area contributed by atoms with E-state index in [1.807, 2.05) is 60.8 Å². The number of anilines is 3. The van der Waals surface area contributed by atoms with Gasteiger partial charge in [0.25, 0.3) is 0 Å². The second-order valence-corrected chi connectivity index (χ2v) is 14.4. The molecule has 0 spiro atoms. The van der Waals surface area contributed by atoms with Gasteiger partial charge in [0.2, 0.25) is 0 Å². The van der Waals surface area contributed by atoms with Crippen molar-refractivity contribution < 1.29 is 9.47 Å². The van der Waals surface area contributed by atoms with Crippen molar-refractivity contribution in [3.8, 4) is 28.4 Å². The van der Waals surface area contributed by atoms with E-state index in [2.05, 4.69) is 146 Å². The summed E-state index contributed by atoms with van der Waals surface area (Å²) < 4.78 is 13.5. The molecule has 1 aliphatic carbocycles. The van der Waals surface area contributed by atoms with Gasteiger partial charge < -0.3 is 19.3 Å². The van der Waals surface area contributed by atoms with Gasteiger partial charge in [0.15, 0.2) is 0 Å². The van der Waals surface area contributed by atoms with E-state index in [0.29, 0.717) is 5.76 Å². The molecule has 0 bridgehead atoms. The van der Waals surface area contributed by atoms with Crippen molar-refractivity contribution in [1.29, 1.82) is 0 Å². The molecule has 2 heterocycles. The van der Waals surface area contributed by atoms with Crippen LogP contribution in [0, 0.1) is 0 Å². The Morgan fingerprint density at radius 2 is 1.41 bits per heavy atom. The zero-order valence-corrected chi connectivity index (χ0v) is 32.3. The summed E-state index contributed by atoms with van der Waals surface area (Å²) >= 11 is 0. The van der Waals surface area contributed by atoms with Crippen molar-refractivity contribution in [1.82, 2.24) is 0 Å². The topological polar surface area (TPSA) is 24.9 Å². The molecule has 58 heavy (non-hydrogen) atoms. The van der Waals surface area contributed by atoms with E-state index >= 15 is 0 Å². The molecule has 9 rings (SSSR count). The molecule has 4 nitrogen and oxygen atoms in total. The SMILES string of the molecule is C=CC=CC=CN(C(C=C)=C1CCC=CC1=C)c1ccc2c(c1)Oc1ccc3c4c(ccc-2c14)OC(=CC(=C)N(c1ccccc1)c1cccc2ccccc12)C3=C. The van der Waals surface area contributed by atoms with Gasteiger partial charge in [-0.05, 0) is 107 Å². The molecule has 3 aliphatic rings. The number of fused-ring (bicyclic) bond motifs is 3. The van der Waals surface area contributed by atoms with E-state index in [1.54, 1.807) is 6.08 Å². The third kappa shape index (κ3) is 6.31. The Labute approximate surface area is 340 Å². The van der Waals surface area contributed by atoms with Crippen molar-refractivity contribution >= 4 is 44.2 Å². The van der Waals surface area contributed by atoms with Gasteiger partial charge in [-0.15, -0.1) is 0 Å². The van der Waals surface area contributed by atoms with Crippen LogP contribution < -0.4 is 19.3 Å². The van der Waals surface area contributed by atoms with E-state index in [-0.39, 0.29) is 0 Å². The monoisotopic (exact) mass is 750 g/mol. The Kier molecular flexibility index (Phi) is 9.44. The van der Waals surface area contributed by atoms with Crippen molar-refractivity contribution in [3.63, 3.8) is 0 Å². The number of allylic oxidation sites excluding steroid dienone is 11. The fraction of sp³-hybridized carbons (Fsp3) is 0.0370. The standard InChI is InChI=1S/C54H42N2O2/c1-6-8-9-17-33-55(47(7-2)42-24-15-13-19-36(42)3)41-27-28-45-46-30-32-49-53-43(29-31-50(54(46)53)58-52(45)35-41)38(5)51(57-49)34-37(4)56(40-22-11-10-12-23-40)48-26-18-21-39-20-14-16-25-44(39)48/h6-14,16-23,25-35H,1-5,15,24H2. The zero-order valence-electron chi connectivity index (χ0n) is 32.3. The maximum atomic E-state index is 6.76. The maximum Gasteiger partial charge on any atom is 0.137 e. The van der Waals surface area contributed by atoms with Gasteiger partial charge in [-0.3, -0.25) is 0 Å². The summed E-state index contributed by atoms with van der Waals surface area (Å²) in [6, 6.07) is 39.7. The molecule has 6 aromatic carbocycles. The Morgan fingerprint density at radius 3 is 2.22 bits per heavy atom. The molecule has 0 N–H and O–H groups in total. The Morgan fingerprint density at radius 1 is 0.672 bits per heavy atom. The lowest BCUT2D eigenvalue weighted by molar-refractivity contribution is 0.449. The maximum absolute atomic E-state index is 6.76. The van der Waals surface area contributed by atoms with Crippen molar-refractivity contribution in [2.45, 2.75) is 12.8 Å². The minimum absolute atomic E-state index is 0.642. The van der Waals surface area contributed by atoms with Gasteiger partial charge in [0.1, 0.15) is 23.0 Å². The van der Waals surface area contributed by atoms with Crippen LogP contribution in [-0.2, 0) is 0 Å². The fourth-order valence-electron chi connectivity index (χ4n) is 8.21. The zero-order chi connectivity index (χ0) is 39.8. The molecule has 0 saturated heterocycles. The number of hydrogen-bond acceptors (Lipinski definition) is 4. The molecule has 0 atom stereocenters. The van der Waals surface area contributed by atoms with E-state index in [0.717, 1.165) is 114 Å². The summed E-state index contributed by atoms with van der Waals surface area (Å²) in [4.78, 5) is 4.32. The average molecular weight is 751 g/mol. The number of benzene rings is 6. The molecular weight excluding hydrogens is 709 g/mol. The highest BCUT2D eigenvalue weighted by molar-refractivity contribution is 6.13. The van der Waals surface area contributed by atoms with Crippen molar-refractivity contribution in [3.05, 3.63) is 237 Å². The lowest BCUT2D eigenvalue weighted by Crippen LogP contribution is -2.17. The third-order valence-electron chi connectivity index (χ3n) is 10.9. The quantitative estimate of drug-likeness (QED) is 0.130. The van der Waals surface area contributed by atoms with E-state index in [9.17, 15) is 0 Å². The first-order valence-electron chi connectivity index (χ1n) is 19.4. The van der Waals surface area contributed by atoms with E-state index in [1.165, 1.54) is 0 Å². The summed E-state index contributed by atoms with van der Waals surface area (Å²) in [6.45, 7) is 21.5. The van der Waals surface area contributed by atoms with Crippen molar-refractivity contribution in [2.75, 3.05) is 9.80 Å². The van der Waals surface area contributed by atoms with E-state index < -0.39 is 0 Å². The molecule has 0 amide bonds. The normalized spacial score (nSPS) is 15.7. The molecule has 280 valence electrons. The molecule has 2 aliphatic heterocycles. The number of hydrogen-bond donors (Lipinski definition) is 0. The van der Waals surface area contributed by atoms with Crippen LogP contribution in [0.2, 0.25) is 0 Å². The summed E-state index contributed by atoms with van der Waals surface area (Å²) in [5, 5.41) is 4.26. The number of nitrogens with zero attached hydrogens (tertiary/aromatic N) is 2. The molecule has 0 saturated carbocycles. The van der Waals surface area contributed by atoms with Crippen LogP contribution in [0.3, 0.4) is 0 Å². The molecule has 0 unspecified atom stereocenters. The second-order valence-electron chi connectivity index (χ2n) is 14.4. The van der Waals surface area contributed by atoms with Crippen LogP contribution in [0.1, 0.15) is 18.4 Å². The number of para-hydroxylation sites is 1. The highest BCUT2D eigenvalue weighted by Gasteiger charge is 2.30. The molecule has 0 aromatic heterocycles. The molecular formula is C54H42N2O2. The van der Waals surface area contributed by atoms with Crippen LogP contribution >= 0.6 is 0 Å². The Hall–Kier alpha value is -7.56. The van der Waals surface area contributed by atoms with Gasteiger partial charge in [0.05, 0.1) is 5.69 Å². The molecule has 0 radical (unpaired) electrons. The number of rotatable bonds is 10. The molecule has 6 aromatic rings. The predicted molar refractivity (Wildman–Crippen MR) is 245 cm³/mol. The van der Waals surface area contributed by atoms with Crippen LogP contribution in [0.15, 0.2) is 231 Å². The lowest BCUT2D eigenvalue weighted by atomic mass is 9.88. The van der Waals surface area contributed by atoms with Gasteiger partial charge in [-0.25, -0.2) is 0 Å². The van der Waals surface area contributed by atoms with Crippen LogP contribution in [0.4, 0.5) is 17.1 Å². The first-order valence-corrected chi connectivity index (χ1v) is 19.4. The summed E-state index contributed by atoms with van der Waals surface area (Å²) in [5.74, 6) is 2.92. The summed E-state index contributed by atoms with van der Waals surface area (Å²) in [5.41, 5.74) is 10.7. The predicted octanol–water partition coefficient (Wildman–Crippen LogP) is 14.8. The van der Waals surface area contributed by atoms with Gasteiger partial charge in [-0.1, -0.05) is 118 Å². The Bertz CT molecular complexity index is 2880. The van der Waals surface area contributed by atoms with Gasteiger partial charge in [0, 0.05) is 68.4 Å². The minimum Gasteiger partial charge on any atom is -0.456 e. The second kappa shape index (κ2) is 15.2. The summed E-state index contributed by atoms with van der Waals surface area (Å²) in [7, 11) is 0. The summed E-state index contributed by atoms with van der Waals surface area (Å²) in [6.07, 6.45) is 19.7. The largest absolute Gasteiger partial charge is 0.456 e. The van der Waals surface area contributed by atoms with Crippen LogP contribution in [0.5, 0.6) is 17.2 Å². The number of ether oxygens (including phenoxy) is 2.